The number of hydrogen-bond donors (Lipinski definition) is 0. The summed E-state index contributed by atoms with van der Waals surface area (Å²) in [5, 5.41) is 0. The summed E-state index contributed by atoms with van der Waals surface area (Å²) in [5.41, 5.74) is 2.35. The SMILES string of the molecule is CCCOCCOCCOC(C)C(F)CN(Cc1ccccc1)Cc1ccccc1. The monoisotopic (exact) mass is 417 g/mol. The fraction of sp³-hybridized carbons (Fsp3) is 0.520. The predicted molar refractivity (Wildman–Crippen MR) is 119 cm³/mol. The van der Waals surface area contributed by atoms with E-state index >= 15 is 0 Å². The Morgan fingerprint density at radius 2 is 1.27 bits per heavy atom. The van der Waals surface area contributed by atoms with Crippen LogP contribution in [0, 0.1) is 0 Å². The maximum absolute atomic E-state index is 14.9. The lowest BCUT2D eigenvalue weighted by molar-refractivity contribution is -0.0375. The number of rotatable bonds is 16. The van der Waals surface area contributed by atoms with Crippen molar-refractivity contribution in [2.45, 2.75) is 45.6 Å². The molecule has 0 aliphatic carbocycles. The standard InChI is InChI=1S/C25H36FNO3/c1-3-14-28-15-16-29-17-18-30-22(2)25(26)21-27(19-23-10-6-4-7-11-23)20-24-12-8-5-9-13-24/h4-13,22,25H,3,14-21H2,1-2H3. The van der Waals surface area contributed by atoms with Crippen molar-refractivity contribution in [1.82, 2.24) is 4.90 Å². The first-order valence-electron chi connectivity index (χ1n) is 10.9. The van der Waals surface area contributed by atoms with Gasteiger partial charge in [0.2, 0.25) is 0 Å². The van der Waals surface area contributed by atoms with Gasteiger partial charge in [-0.1, -0.05) is 67.6 Å². The summed E-state index contributed by atoms with van der Waals surface area (Å²) in [6.45, 7) is 8.29. The maximum Gasteiger partial charge on any atom is 0.138 e. The molecule has 0 radical (unpaired) electrons. The Kier molecular flexibility index (Phi) is 12.3. The van der Waals surface area contributed by atoms with Crippen LogP contribution in [0.25, 0.3) is 0 Å². The number of benzene rings is 2. The van der Waals surface area contributed by atoms with E-state index in [-0.39, 0.29) is 0 Å². The summed E-state index contributed by atoms with van der Waals surface area (Å²) in [6, 6.07) is 20.4. The summed E-state index contributed by atoms with van der Waals surface area (Å²) in [5.74, 6) is 0. The normalized spacial score (nSPS) is 13.5. The van der Waals surface area contributed by atoms with E-state index in [1.807, 2.05) is 36.4 Å². The Labute approximate surface area is 180 Å². The third-order valence-electron chi connectivity index (χ3n) is 4.77. The second kappa shape index (κ2) is 15.1. The van der Waals surface area contributed by atoms with Crippen LogP contribution in [0.5, 0.6) is 0 Å². The second-order valence-electron chi connectivity index (χ2n) is 7.46. The van der Waals surface area contributed by atoms with Crippen LogP contribution in [-0.2, 0) is 27.3 Å². The topological polar surface area (TPSA) is 30.9 Å². The van der Waals surface area contributed by atoms with E-state index in [1.54, 1.807) is 6.92 Å². The van der Waals surface area contributed by atoms with Gasteiger partial charge in [-0.25, -0.2) is 4.39 Å². The van der Waals surface area contributed by atoms with Gasteiger partial charge < -0.3 is 14.2 Å². The molecule has 166 valence electrons. The van der Waals surface area contributed by atoms with Crippen LogP contribution >= 0.6 is 0 Å². The van der Waals surface area contributed by atoms with Gasteiger partial charge in [-0.2, -0.15) is 0 Å². The molecule has 0 aliphatic rings. The highest BCUT2D eigenvalue weighted by atomic mass is 19.1. The first-order valence-corrected chi connectivity index (χ1v) is 10.9. The summed E-state index contributed by atoms with van der Waals surface area (Å²) in [6.07, 6.45) is -0.561. The fourth-order valence-electron chi connectivity index (χ4n) is 3.13. The molecule has 0 saturated carbocycles. The zero-order chi connectivity index (χ0) is 21.4. The lowest BCUT2D eigenvalue weighted by Crippen LogP contribution is -2.36. The summed E-state index contributed by atoms with van der Waals surface area (Å²) in [4.78, 5) is 2.14. The van der Waals surface area contributed by atoms with Crippen molar-refractivity contribution in [3.05, 3.63) is 71.8 Å². The average Bonchev–Trinajstić information content (AvgIpc) is 2.76. The number of nitrogens with zero attached hydrogens (tertiary/aromatic N) is 1. The minimum absolute atomic E-state index is 0.316. The minimum atomic E-state index is -1.08. The molecule has 30 heavy (non-hydrogen) atoms. The molecule has 0 saturated heterocycles. The van der Waals surface area contributed by atoms with E-state index in [0.29, 0.717) is 46.1 Å². The van der Waals surface area contributed by atoms with Crippen LogP contribution in [0.1, 0.15) is 31.4 Å². The Morgan fingerprint density at radius 3 is 1.80 bits per heavy atom. The zero-order valence-corrected chi connectivity index (χ0v) is 18.3. The number of alkyl halides is 1. The number of ether oxygens (including phenoxy) is 3. The van der Waals surface area contributed by atoms with Gasteiger partial charge >= 0.3 is 0 Å². The lowest BCUT2D eigenvalue weighted by atomic mass is 10.1. The van der Waals surface area contributed by atoms with E-state index in [1.165, 1.54) is 11.1 Å². The molecule has 0 fully saturated rings. The third-order valence-corrected chi connectivity index (χ3v) is 4.77. The summed E-state index contributed by atoms with van der Waals surface area (Å²) >= 11 is 0. The Balaban J connectivity index is 1.77. The van der Waals surface area contributed by atoms with Crippen LogP contribution in [0.2, 0.25) is 0 Å². The molecule has 2 unspecified atom stereocenters. The molecule has 0 heterocycles. The van der Waals surface area contributed by atoms with Gasteiger partial charge in [-0.15, -0.1) is 0 Å². The average molecular weight is 418 g/mol. The molecule has 0 bridgehead atoms. The summed E-state index contributed by atoms with van der Waals surface area (Å²) in [7, 11) is 0. The van der Waals surface area contributed by atoms with E-state index in [2.05, 4.69) is 36.1 Å². The van der Waals surface area contributed by atoms with Gasteiger partial charge in [-0.05, 0) is 24.5 Å². The van der Waals surface area contributed by atoms with Gasteiger partial charge in [0, 0.05) is 26.2 Å². The highest BCUT2D eigenvalue weighted by molar-refractivity contribution is 5.17. The second-order valence-corrected chi connectivity index (χ2v) is 7.46. The van der Waals surface area contributed by atoms with Crippen molar-refractivity contribution < 1.29 is 18.6 Å². The van der Waals surface area contributed by atoms with Gasteiger partial charge in [-0.3, -0.25) is 4.90 Å². The molecule has 0 amide bonds. The van der Waals surface area contributed by atoms with Crippen molar-refractivity contribution in [3.63, 3.8) is 0 Å². The van der Waals surface area contributed by atoms with E-state index in [0.717, 1.165) is 13.0 Å². The summed E-state index contributed by atoms with van der Waals surface area (Å²) < 4.78 is 31.4. The first-order chi connectivity index (χ1) is 14.7. The van der Waals surface area contributed by atoms with Crippen LogP contribution < -0.4 is 0 Å². The van der Waals surface area contributed by atoms with E-state index < -0.39 is 12.3 Å². The van der Waals surface area contributed by atoms with Crippen LogP contribution in [0.4, 0.5) is 4.39 Å². The minimum Gasteiger partial charge on any atom is -0.379 e. The van der Waals surface area contributed by atoms with Crippen LogP contribution in [-0.4, -0.2) is 56.8 Å². The molecule has 4 nitrogen and oxygen atoms in total. The highest BCUT2D eigenvalue weighted by Gasteiger charge is 2.21. The molecule has 2 atom stereocenters. The van der Waals surface area contributed by atoms with Crippen molar-refractivity contribution in [2.24, 2.45) is 0 Å². The largest absolute Gasteiger partial charge is 0.379 e. The van der Waals surface area contributed by atoms with Crippen LogP contribution in [0.15, 0.2) is 60.7 Å². The van der Waals surface area contributed by atoms with Crippen molar-refractivity contribution in [3.8, 4) is 0 Å². The van der Waals surface area contributed by atoms with Gasteiger partial charge in [0.15, 0.2) is 0 Å². The van der Waals surface area contributed by atoms with E-state index in [9.17, 15) is 4.39 Å². The third kappa shape index (κ3) is 10.3. The molecular formula is C25H36FNO3. The van der Waals surface area contributed by atoms with Crippen LogP contribution in [0.3, 0.4) is 0 Å². The quantitative estimate of drug-likeness (QED) is 0.365. The van der Waals surface area contributed by atoms with Gasteiger partial charge in [0.1, 0.15) is 6.17 Å². The molecule has 2 aromatic carbocycles. The Bertz CT molecular complexity index is 614. The molecular weight excluding hydrogens is 381 g/mol. The lowest BCUT2D eigenvalue weighted by Gasteiger charge is -2.27. The molecule has 0 aromatic heterocycles. The first kappa shape index (κ1) is 24.5. The van der Waals surface area contributed by atoms with E-state index in [4.69, 9.17) is 14.2 Å². The number of hydrogen-bond acceptors (Lipinski definition) is 4. The maximum atomic E-state index is 14.9. The van der Waals surface area contributed by atoms with Gasteiger partial charge in [0.25, 0.3) is 0 Å². The molecule has 0 aliphatic heterocycles. The predicted octanol–water partition coefficient (Wildman–Crippen LogP) is 4.88. The number of halogens is 1. The smallest absolute Gasteiger partial charge is 0.138 e. The molecule has 2 aromatic rings. The Hall–Kier alpha value is -1.79. The zero-order valence-electron chi connectivity index (χ0n) is 18.3. The molecule has 5 heteroatoms. The van der Waals surface area contributed by atoms with Crippen molar-refractivity contribution >= 4 is 0 Å². The molecule has 0 spiro atoms. The molecule has 0 N–H and O–H groups in total. The Morgan fingerprint density at radius 1 is 0.767 bits per heavy atom. The molecule has 2 rings (SSSR count). The van der Waals surface area contributed by atoms with Gasteiger partial charge in [0.05, 0.1) is 32.5 Å². The highest BCUT2D eigenvalue weighted by Crippen LogP contribution is 2.14. The fourth-order valence-corrected chi connectivity index (χ4v) is 3.13. The van der Waals surface area contributed by atoms with Crippen molar-refractivity contribution in [1.29, 1.82) is 0 Å². The van der Waals surface area contributed by atoms with Crippen molar-refractivity contribution in [2.75, 3.05) is 39.6 Å².